The van der Waals surface area contributed by atoms with Crippen LogP contribution in [0.2, 0.25) is 5.02 Å². The van der Waals surface area contributed by atoms with Gasteiger partial charge < -0.3 is 25.0 Å². The summed E-state index contributed by atoms with van der Waals surface area (Å²) < 4.78 is 37.6. The molecule has 1 unspecified atom stereocenters. The second-order valence-electron chi connectivity index (χ2n) is 15.8. The Labute approximate surface area is 370 Å². The highest BCUT2D eigenvalue weighted by molar-refractivity contribution is 7.92. The molecule has 20 heteroatoms. The topological polar surface area (TPSA) is 199 Å². The summed E-state index contributed by atoms with van der Waals surface area (Å²) in [5.41, 5.74) is 3.01. The van der Waals surface area contributed by atoms with Crippen LogP contribution in [0.15, 0.2) is 66.9 Å². The van der Waals surface area contributed by atoms with Gasteiger partial charge in [0.05, 0.1) is 47.8 Å². The number of anilines is 6. The third kappa shape index (κ3) is 9.36. The number of carbonyl (C=O) groups is 4. The summed E-state index contributed by atoms with van der Waals surface area (Å²) in [4.78, 5) is 67.9. The Morgan fingerprint density at radius 2 is 1.65 bits per heavy atom. The van der Waals surface area contributed by atoms with Crippen LogP contribution < -0.4 is 34.6 Å². The SMILES string of the molecule is COc1cc(N2CCC(N3CCN(CCOc4cccc5c4C(=O)N(C4CCC(=O)NC4=O)C5=O)CC3)CC2)ccc1Nc1ncc(Cl)c(Nc2ccccc2N(C)S(C)(=O)=O)n1. The van der Waals surface area contributed by atoms with Gasteiger partial charge in [0.1, 0.15) is 29.2 Å². The Hall–Kier alpha value is -6.02. The number of methoxy groups -OCH3 is 1. The number of nitrogens with one attached hydrogen (secondary N) is 3. The fourth-order valence-corrected chi connectivity index (χ4v) is 9.16. The van der Waals surface area contributed by atoms with E-state index in [4.69, 9.17) is 21.1 Å². The van der Waals surface area contributed by atoms with Gasteiger partial charge in [-0.2, -0.15) is 4.98 Å². The van der Waals surface area contributed by atoms with Gasteiger partial charge in [-0.15, -0.1) is 0 Å². The number of halogens is 1. The van der Waals surface area contributed by atoms with Crippen LogP contribution in [0.3, 0.4) is 0 Å². The summed E-state index contributed by atoms with van der Waals surface area (Å²) in [5, 5.41) is 8.87. The summed E-state index contributed by atoms with van der Waals surface area (Å²) in [6.07, 6.45) is 4.79. The standard InChI is InChI=1S/C43H49ClN10O8S/c1-50(63(3,59)60)33-9-5-4-8-31(33)46-39-30(44)26-45-43(49-39)47-32-12-11-28(25-36(32)61-2)52-17-15-27(16-18-52)53-21-19-51(20-22-53)23-24-62-35-10-6-7-29-38(35)42(58)54(41(29)57)34-13-14-37(55)48-40(34)56/h4-12,25-27,34H,13-24H2,1-3H3,(H,48,55,56)(H2,45,46,47,49). The number of fused-ring (bicyclic) bond motifs is 1. The molecule has 0 bridgehead atoms. The number of hydrogen-bond donors (Lipinski definition) is 3. The van der Waals surface area contributed by atoms with Crippen LogP contribution in [0, 0.1) is 0 Å². The third-order valence-corrected chi connectivity index (χ3v) is 13.5. The zero-order valence-corrected chi connectivity index (χ0v) is 36.7. The average molecular weight is 901 g/mol. The number of imide groups is 2. The molecule has 3 N–H and O–H groups in total. The monoisotopic (exact) mass is 900 g/mol. The number of nitrogens with zero attached hydrogens (tertiary/aromatic N) is 7. The van der Waals surface area contributed by atoms with Crippen molar-refractivity contribution in [2.75, 3.05) is 92.7 Å². The Morgan fingerprint density at radius 3 is 2.38 bits per heavy atom. The van der Waals surface area contributed by atoms with E-state index in [1.807, 2.05) is 18.2 Å². The molecule has 4 aromatic rings. The maximum Gasteiger partial charge on any atom is 0.266 e. The van der Waals surface area contributed by atoms with E-state index in [9.17, 15) is 27.6 Å². The van der Waals surface area contributed by atoms with Gasteiger partial charge in [0.25, 0.3) is 11.8 Å². The fourth-order valence-electron chi connectivity index (χ4n) is 8.51. The van der Waals surface area contributed by atoms with E-state index in [0.717, 1.165) is 69.0 Å². The molecule has 0 radical (unpaired) electrons. The number of ether oxygens (including phenoxy) is 2. The average Bonchev–Trinajstić information content (AvgIpc) is 3.53. The molecule has 63 heavy (non-hydrogen) atoms. The van der Waals surface area contributed by atoms with Crippen LogP contribution >= 0.6 is 11.6 Å². The molecule has 3 fully saturated rings. The Balaban J connectivity index is 0.810. The van der Waals surface area contributed by atoms with E-state index in [1.54, 1.807) is 49.6 Å². The number of para-hydroxylation sites is 2. The predicted molar refractivity (Wildman–Crippen MR) is 238 cm³/mol. The molecule has 4 aliphatic rings. The zero-order chi connectivity index (χ0) is 44.4. The summed E-state index contributed by atoms with van der Waals surface area (Å²) >= 11 is 6.47. The van der Waals surface area contributed by atoms with Gasteiger partial charge in [0.2, 0.25) is 27.8 Å². The summed E-state index contributed by atoms with van der Waals surface area (Å²) in [7, 11) is -0.421. The second kappa shape index (κ2) is 18.4. The number of piperidine rings is 2. The van der Waals surface area contributed by atoms with Crippen LogP contribution in [-0.2, 0) is 19.6 Å². The summed E-state index contributed by atoms with van der Waals surface area (Å²) in [6.45, 7) is 6.40. The minimum Gasteiger partial charge on any atom is -0.494 e. The number of amides is 4. The Bertz CT molecular complexity index is 2530. The number of aromatic nitrogens is 2. The molecule has 1 aromatic heterocycles. The maximum atomic E-state index is 13.4. The van der Waals surface area contributed by atoms with E-state index in [-0.39, 0.29) is 34.9 Å². The summed E-state index contributed by atoms with van der Waals surface area (Å²) in [6, 6.07) is 17.3. The molecule has 0 aliphatic carbocycles. The zero-order valence-electron chi connectivity index (χ0n) is 35.2. The van der Waals surface area contributed by atoms with Gasteiger partial charge >= 0.3 is 0 Å². The van der Waals surface area contributed by atoms with E-state index in [2.05, 4.69) is 40.6 Å². The lowest BCUT2D eigenvalue weighted by molar-refractivity contribution is -0.136. The van der Waals surface area contributed by atoms with Gasteiger partial charge in [0, 0.05) is 77.1 Å². The largest absolute Gasteiger partial charge is 0.494 e. The molecule has 8 rings (SSSR count). The highest BCUT2D eigenvalue weighted by Crippen LogP contribution is 2.36. The highest BCUT2D eigenvalue weighted by Gasteiger charge is 2.46. The molecule has 5 heterocycles. The first kappa shape index (κ1) is 43.6. The molecular weight excluding hydrogens is 852 g/mol. The molecular formula is C43H49ClN10O8S. The highest BCUT2D eigenvalue weighted by atomic mass is 35.5. The molecule has 4 amide bonds. The smallest absolute Gasteiger partial charge is 0.266 e. The minimum absolute atomic E-state index is 0.0597. The number of rotatable bonds is 14. The molecule has 0 spiro atoms. The molecule has 4 aliphatic heterocycles. The number of piperazine rings is 1. The summed E-state index contributed by atoms with van der Waals surface area (Å²) in [5.74, 6) is -0.699. The number of benzene rings is 3. The first-order valence-electron chi connectivity index (χ1n) is 20.8. The minimum atomic E-state index is -3.51. The van der Waals surface area contributed by atoms with Gasteiger partial charge in [0.15, 0.2) is 5.82 Å². The molecule has 332 valence electrons. The normalized spacial score (nSPS) is 18.9. The molecule has 0 saturated carbocycles. The molecule has 3 aromatic carbocycles. The van der Waals surface area contributed by atoms with Gasteiger partial charge in [-0.3, -0.25) is 43.5 Å². The first-order valence-corrected chi connectivity index (χ1v) is 23.0. The van der Waals surface area contributed by atoms with Crippen LogP contribution in [0.5, 0.6) is 11.5 Å². The van der Waals surface area contributed by atoms with Crippen LogP contribution in [0.25, 0.3) is 0 Å². The van der Waals surface area contributed by atoms with E-state index < -0.39 is 39.7 Å². The van der Waals surface area contributed by atoms with Crippen molar-refractivity contribution in [3.05, 3.63) is 83.0 Å². The van der Waals surface area contributed by atoms with Gasteiger partial charge in [-0.05, 0) is 55.7 Å². The van der Waals surface area contributed by atoms with Crippen LogP contribution in [-0.4, -0.2) is 142 Å². The molecule has 3 saturated heterocycles. The third-order valence-electron chi connectivity index (χ3n) is 12.0. The van der Waals surface area contributed by atoms with Crippen molar-refractivity contribution in [2.45, 2.75) is 37.8 Å². The number of sulfonamides is 1. The van der Waals surface area contributed by atoms with E-state index >= 15 is 0 Å². The molecule has 1 atom stereocenters. The van der Waals surface area contributed by atoms with Crippen molar-refractivity contribution in [1.82, 2.24) is 30.0 Å². The van der Waals surface area contributed by atoms with Crippen LogP contribution in [0.1, 0.15) is 46.4 Å². The van der Waals surface area contributed by atoms with Crippen molar-refractivity contribution >= 4 is 79.8 Å². The number of carbonyl (C=O) groups excluding carboxylic acids is 4. The van der Waals surface area contributed by atoms with Gasteiger partial charge in [-0.25, -0.2) is 13.4 Å². The van der Waals surface area contributed by atoms with E-state index in [0.29, 0.717) is 53.6 Å². The van der Waals surface area contributed by atoms with E-state index in [1.165, 1.54) is 17.5 Å². The predicted octanol–water partition coefficient (Wildman–Crippen LogP) is 4.09. The lowest BCUT2D eigenvalue weighted by atomic mass is 10.0. The fraction of sp³-hybridized carbons (Fsp3) is 0.395. The van der Waals surface area contributed by atoms with Crippen molar-refractivity contribution in [3.8, 4) is 11.5 Å². The quantitative estimate of drug-likeness (QED) is 0.153. The van der Waals surface area contributed by atoms with Gasteiger partial charge in [-0.1, -0.05) is 29.8 Å². The Morgan fingerprint density at radius 1 is 0.889 bits per heavy atom. The van der Waals surface area contributed by atoms with Crippen molar-refractivity contribution < 1.29 is 37.1 Å². The second-order valence-corrected chi connectivity index (χ2v) is 18.3. The molecule has 18 nitrogen and oxygen atoms in total. The lowest BCUT2D eigenvalue weighted by Crippen LogP contribution is -2.54. The Kier molecular flexibility index (Phi) is 12.7. The van der Waals surface area contributed by atoms with Crippen molar-refractivity contribution in [2.24, 2.45) is 0 Å². The van der Waals surface area contributed by atoms with Crippen LogP contribution in [0.4, 0.5) is 34.5 Å². The number of hydrogen-bond acceptors (Lipinski definition) is 15. The lowest BCUT2D eigenvalue weighted by Gasteiger charge is -2.43. The van der Waals surface area contributed by atoms with Crippen molar-refractivity contribution in [3.63, 3.8) is 0 Å². The first-order chi connectivity index (χ1) is 30.3. The maximum absolute atomic E-state index is 13.4. The van der Waals surface area contributed by atoms with Crippen molar-refractivity contribution in [1.29, 1.82) is 0 Å².